The van der Waals surface area contributed by atoms with Gasteiger partial charge in [-0.05, 0) is 22.6 Å². The van der Waals surface area contributed by atoms with Crippen LogP contribution in [0.5, 0.6) is 0 Å². The number of rotatable bonds is 7. The van der Waals surface area contributed by atoms with Gasteiger partial charge in [-0.25, -0.2) is 4.98 Å². The minimum Gasteiger partial charge on any atom is -0.387 e. The fraction of sp³-hybridized carbons (Fsp3) is 0.182. The highest BCUT2D eigenvalue weighted by Crippen LogP contribution is 2.18. The fourth-order valence-electron chi connectivity index (χ4n) is 3.26. The lowest BCUT2D eigenvalue weighted by molar-refractivity contribution is 0.103. The Morgan fingerprint density at radius 3 is 2.46 bits per heavy atom. The lowest BCUT2D eigenvalue weighted by Gasteiger charge is -2.25. The van der Waals surface area contributed by atoms with E-state index in [0.717, 1.165) is 11.1 Å². The van der Waals surface area contributed by atoms with E-state index in [-0.39, 0.29) is 5.56 Å². The third kappa shape index (κ3) is 4.36. The molecule has 2 N–H and O–H groups in total. The zero-order valence-corrected chi connectivity index (χ0v) is 16.1. The van der Waals surface area contributed by atoms with Gasteiger partial charge >= 0.3 is 0 Å². The number of thiophene rings is 1. The molecule has 0 spiro atoms. The first-order valence-corrected chi connectivity index (χ1v) is 10.0. The van der Waals surface area contributed by atoms with Crippen LogP contribution in [-0.4, -0.2) is 26.5 Å². The summed E-state index contributed by atoms with van der Waals surface area (Å²) in [6.07, 6.45) is -0.624. The van der Waals surface area contributed by atoms with Gasteiger partial charge in [0.15, 0.2) is 0 Å². The summed E-state index contributed by atoms with van der Waals surface area (Å²) in [5, 5.41) is 12.6. The van der Waals surface area contributed by atoms with Gasteiger partial charge in [-0.3, -0.25) is 9.69 Å². The standard InChI is InChI=1S/C22H21N3O2S/c26-19(17-9-5-2-6-10-17)14-25(13-16-7-3-1-4-8-16)15-20-23-18-11-12-28-21(18)22(27)24-20/h1-12,19,26H,13-15H2,(H,23,24,27). The number of nitrogens with zero attached hydrogens (tertiary/aromatic N) is 2. The first kappa shape index (κ1) is 18.6. The van der Waals surface area contributed by atoms with Gasteiger partial charge in [-0.15, -0.1) is 11.3 Å². The number of hydrogen-bond acceptors (Lipinski definition) is 5. The smallest absolute Gasteiger partial charge is 0.268 e. The maximum absolute atomic E-state index is 12.3. The third-order valence-corrected chi connectivity index (χ3v) is 5.50. The lowest BCUT2D eigenvalue weighted by Crippen LogP contribution is -2.29. The van der Waals surface area contributed by atoms with Crippen molar-refractivity contribution in [1.82, 2.24) is 14.9 Å². The van der Waals surface area contributed by atoms with Gasteiger partial charge in [0.1, 0.15) is 10.5 Å². The van der Waals surface area contributed by atoms with Gasteiger partial charge in [0.25, 0.3) is 5.56 Å². The summed E-state index contributed by atoms with van der Waals surface area (Å²) in [6, 6.07) is 21.6. The molecule has 6 heteroatoms. The van der Waals surface area contributed by atoms with Crippen molar-refractivity contribution in [3.05, 3.63) is 99.4 Å². The molecule has 0 amide bonds. The van der Waals surface area contributed by atoms with Gasteiger partial charge in [0.05, 0.1) is 18.2 Å². The average Bonchev–Trinajstić information content (AvgIpc) is 3.18. The molecule has 2 aromatic heterocycles. The van der Waals surface area contributed by atoms with Crippen LogP contribution in [0.15, 0.2) is 76.9 Å². The summed E-state index contributed by atoms with van der Waals surface area (Å²) < 4.78 is 0.641. The number of aromatic amines is 1. The maximum atomic E-state index is 12.3. The minimum atomic E-state index is -0.624. The Morgan fingerprint density at radius 1 is 1.00 bits per heavy atom. The summed E-state index contributed by atoms with van der Waals surface area (Å²) in [6.45, 7) is 1.53. The van der Waals surface area contributed by atoms with Crippen molar-refractivity contribution in [3.63, 3.8) is 0 Å². The van der Waals surface area contributed by atoms with Crippen molar-refractivity contribution in [2.75, 3.05) is 6.54 Å². The Hall–Kier alpha value is -2.80. The van der Waals surface area contributed by atoms with Crippen LogP contribution in [0.2, 0.25) is 0 Å². The largest absolute Gasteiger partial charge is 0.387 e. The van der Waals surface area contributed by atoms with Crippen molar-refractivity contribution < 1.29 is 5.11 Å². The summed E-state index contributed by atoms with van der Waals surface area (Å²) >= 11 is 1.39. The molecule has 0 saturated heterocycles. The molecule has 4 rings (SSSR count). The first-order valence-electron chi connectivity index (χ1n) is 9.15. The van der Waals surface area contributed by atoms with Crippen molar-refractivity contribution in [3.8, 4) is 0 Å². The highest BCUT2D eigenvalue weighted by Gasteiger charge is 2.16. The van der Waals surface area contributed by atoms with Crippen molar-refractivity contribution in [2.24, 2.45) is 0 Å². The second kappa shape index (κ2) is 8.48. The highest BCUT2D eigenvalue weighted by atomic mass is 32.1. The molecule has 1 atom stereocenters. The normalized spacial score (nSPS) is 12.5. The molecular formula is C22H21N3O2S. The number of aliphatic hydroxyl groups is 1. The van der Waals surface area contributed by atoms with Crippen LogP contribution in [0.25, 0.3) is 10.2 Å². The van der Waals surface area contributed by atoms with E-state index in [1.54, 1.807) is 0 Å². The van der Waals surface area contributed by atoms with Crippen molar-refractivity contribution >= 4 is 21.6 Å². The summed E-state index contributed by atoms with van der Waals surface area (Å²) in [5.41, 5.74) is 2.61. The molecule has 0 aliphatic rings. The monoisotopic (exact) mass is 391 g/mol. The molecule has 28 heavy (non-hydrogen) atoms. The molecular weight excluding hydrogens is 370 g/mol. The number of H-pyrrole nitrogens is 1. The van der Waals surface area contributed by atoms with Crippen LogP contribution < -0.4 is 5.56 Å². The molecule has 0 aliphatic heterocycles. The van der Waals surface area contributed by atoms with Crippen LogP contribution in [0.4, 0.5) is 0 Å². The minimum absolute atomic E-state index is 0.113. The van der Waals surface area contributed by atoms with Crippen molar-refractivity contribution in [2.45, 2.75) is 19.2 Å². The second-order valence-electron chi connectivity index (χ2n) is 6.73. The van der Waals surface area contributed by atoms with E-state index < -0.39 is 6.10 Å². The molecule has 2 aromatic carbocycles. The Balaban J connectivity index is 1.58. The number of aromatic nitrogens is 2. The summed E-state index contributed by atoms with van der Waals surface area (Å²) in [5.74, 6) is 0.604. The van der Waals surface area contributed by atoms with E-state index in [2.05, 4.69) is 27.0 Å². The predicted molar refractivity (Wildman–Crippen MR) is 112 cm³/mol. The first-order chi connectivity index (χ1) is 13.7. The molecule has 4 aromatic rings. The number of benzene rings is 2. The highest BCUT2D eigenvalue weighted by molar-refractivity contribution is 7.17. The SMILES string of the molecule is O=c1[nH]c(CN(Cc2ccccc2)CC(O)c2ccccc2)nc2ccsc12. The Kier molecular flexibility index (Phi) is 5.62. The molecule has 0 bridgehead atoms. The van der Waals surface area contributed by atoms with E-state index in [4.69, 9.17) is 0 Å². The Labute approximate surface area is 166 Å². The molecule has 0 fully saturated rings. The predicted octanol–water partition coefficient (Wildman–Crippen LogP) is 3.72. The Morgan fingerprint density at radius 2 is 1.71 bits per heavy atom. The van der Waals surface area contributed by atoms with E-state index in [1.807, 2.05) is 60.0 Å². The molecule has 142 valence electrons. The quantitative estimate of drug-likeness (QED) is 0.504. The fourth-order valence-corrected chi connectivity index (χ4v) is 3.99. The van der Waals surface area contributed by atoms with E-state index >= 15 is 0 Å². The number of fused-ring (bicyclic) bond motifs is 1. The molecule has 2 heterocycles. The zero-order chi connectivity index (χ0) is 19.3. The maximum Gasteiger partial charge on any atom is 0.268 e. The van der Waals surface area contributed by atoms with Crippen LogP contribution in [0.3, 0.4) is 0 Å². The molecule has 5 nitrogen and oxygen atoms in total. The molecule has 1 unspecified atom stereocenters. The van der Waals surface area contributed by atoms with Crippen LogP contribution in [0.1, 0.15) is 23.1 Å². The topological polar surface area (TPSA) is 69.2 Å². The van der Waals surface area contributed by atoms with E-state index in [0.29, 0.717) is 35.7 Å². The van der Waals surface area contributed by atoms with Gasteiger partial charge in [0.2, 0.25) is 0 Å². The van der Waals surface area contributed by atoms with Gasteiger partial charge in [0, 0.05) is 13.1 Å². The second-order valence-corrected chi connectivity index (χ2v) is 7.65. The van der Waals surface area contributed by atoms with Crippen LogP contribution in [0, 0.1) is 0 Å². The number of aliphatic hydroxyl groups excluding tert-OH is 1. The number of nitrogens with one attached hydrogen (secondary N) is 1. The third-order valence-electron chi connectivity index (χ3n) is 4.60. The van der Waals surface area contributed by atoms with Gasteiger partial charge < -0.3 is 10.1 Å². The molecule has 0 radical (unpaired) electrons. The zero-order valence-electron chi connectivity index (χ0n) is 15.3. The average molecular weight is 391 g/mol. The van der Waals surface area contributed by atoms with Gasteiger partial charge in [-0.1, -0.05) is 60.7 Å². The summed E-state index contributed by atoms with van der Waals surface area (Å²) in [7, 11) is 0. The van der Waals surface area contributed by atoms with Gasteiger partial charge in [-0.2, -0.15) is 0 Å². The van der Waals surface area contributed by atoms with E-state index in [1.165, 1.54) is 11.3 Å². The summed E-state index contributed by atoms with van der Waals surface area (Å²) in [4.78, 5) is 21.9. The van der Waals surface area contributed by atoms with E-state index in [9.17, 15) is 9.90 Å². The number of hydrogen-bond donors (Lipinski definition) is 2. The molecule has 0 aliphatic carbocycles. The van der Waals surface area contributed by atoms with Crippen molar-refractivity contribution in [1.29, 1.82) is 0 Å². The lowest BCUT2D eigenvalue weighted by atomic mass is 10.1. The van der Waals surface area contributed by atoms with Crippen LogP contribution >= 0.6 is 11.3 Å². The van der Waals surface area contributed by atoms with Crippen LogP contribution in [-0.2, 0) is 13.1 Å². The molecule has 0 saturated carbocycles. The Bertz CT molecular complexity index is 1090.